The molecule has 1 unspecified atom stereocenters. The molecule has 1 aromatic rings. The third-order valence-electron chi connectivity index (χ3n) is 5.05. The zero-order valence-electron chi connectivity index (χ0n) is 15.8. The predicted molar refractivity (Wildman–Crippen MR) is 104 cm³/mol. The Morgan fingerprint density at radius 3 is 2.93 bits per heavy atom. The van der Waals surface area contributed by atoms with Crippen molar-refractivity contribution in [3.63, 3.8) is 0 Å². The zero-order valence-corrected chi connectivity index (χ0v) is 16.6. The summed E-state index contributed by atoms with van der Waals surface area (Å²) in [5.74, 6) is -0.237. The van der Waals surface area contributed by atoms with Crippen LogP contribution in [-0.4, -0.2) is 51.0 Å². The Morgan fingerprint density at radius 2 is 2.19 bits per heavy atom. The summed E-state index contributed by atoms with van der Waals surface area (Å²) in [5, 5.41) is 2.90. The zero-order chi connectivity index (χ0) is 19.3. The van der Waals surface area contributed by atoms with Crippen LogP contribution in [0.4, 0.5) is 0 Å². The maximum absolute atomic E-state index is 12.9. The lowest BCUT2D eigenvalue weighted by Gasteiger charge is -2.30. The second kappa shape index (κ2) is 8.99. The first kappa shape index (κ1) is 20.0. The van der Waals surface area contributed by atoms with Crippen LogP contribution in [-0.2, 0) is 14.8 Å². The Bertz CT molecular complexity index is 804. The monoisotopic (exact) mass is 392 g/mol. The molecule has 7 heteroatoms. The molecule has 0 saturated carbocycles. The van der Waals surface area contributed by atoms with Gasteiger partial charge in [-0.2, -0.15) is 4.31 Å². The minimum absolute atomic E-state index is 0.130. The highest BCUT2D eigenvalue weighted by molar-refractivity contribution is 7.89. The Hall–Kier alpha value is -1.70. The molecule has 0 radical (unpaired) electrons. The van der Waals surface area contributed by atoms with E-state index >= 15 is 0 Å². The van der Waals surface area contributed by atoms with Gasteiger partial charge in [-0.1, -0.05) is 17.7 Å². The largest absolute Gasteiger partial charge is 0.376 e. The molecule has 1 heterocycles. The summed E-state index contributed by atoms with van der Waals surface area (Å²) in [6.07, 6.45) is 7.71. The summed E-state index contributed by atoms with van der Waals surface area (Å²) in [6.45, 7) is 3.47. The van der Waals surface area contributed by atoms with Gasteiger partial charge in [-0.25, -0.2) is 8.42 Å². The Morgan fingerprint density at radius 1 is 1.33 bits per heavy atom. The molecule has 0 spiro atoms. The van der Waals surface area contributed by atoms with Crippen molar-refractivity contribution in [1.82, 2.24) is 9.62 Å². The van der Waals surface area contributed by atoms with Gasteiger partial charge in [0.1, 0.15) is 0 Å². The molecule has 1 aliphatic carbocycles. The van der Waals surface area contributed by atoms with Crippen molar-refractivity contribution >= 4 is 15.9 Å². The molecule has 1 fully saturated rings. The van der Waals surface area contributed by atoms with Gasteiger partial charge in [0.2, 0.25) is 10.0 Å². The SMILES string of the molecule is CC1CN(S(=O)(=O)c2cccc(C(=O)NCCC3=CCCCC3)c2)CCO1. The summed E-state index contributed by atoms with van der Waals surface area (Å²) in [6, 6.07) is 6.27. The van der Waals surface area contributed by atoms with Crippen LogP contribution < -0.4 is 5.32 Å². The van der Waals surface area contributed by atoms with Crippen LogP contribution in [0.2, 0.25) is 0 Å². The third kappa shape index (κ3) is 5.18. The highest BCUT2D eigenvalue weighted by Crippen LogP contribution is 2.21. The average Bonchev–Trinajstić information content (AvgIpc) is 2.69. The van der Waals surface area contributed by atoms with Gasteiger partial charge in [-0.15, -0.1) is 0 Å². The first-order valence-electron chi connectivity index (χ1n) is 9.65. The van der Waals surface area contributed by atoms with Gasteiger partial charge in [0.15, 0.2) is 0 Å². The molecular weight excluding hydrogens is 364 g/mol. The van der Waals surface area contributed by atoms with Crippen molar-refractivity contribution in [3.8, 4) is 0 Å². The van der Waals surface area contributed by atoms with Crippen molar-refractivity contribution in [1.29, 1.82) is 0 Å². The van der Waals surface area contributed by atoms with Crippen molar-refractivity contribution in [3.05, 3.63) is 41.5 Å². The molecular formula is C20H28N2O4S. The quantitative estimate of drug-likeness (QED) is 0.756. The third-order valence-corrected chi connectivity index (χ3v) is 6.92. The average molecular weight is 393 g/mol. The maximum Gasteiger partial charge on any atom is 0.251 e. The van der Waals surface area contributed by atoms with E-state index in [9.17, 15) is 13.2 Å². The maximum atomic E-state index is 12.9. The van der Waals surface area contributed by atoms with Gasteiger partial charge >= 0.3 is 0 Å². The number of morpholine rings is 1. The fourth-order valence-corrected chi connectivity index (χ4v) is 5.07. The summed E-state index contributed by atoms with van der Waals surface area (Å²) in [5.41, 5.74) is 1.77. The number of ether oxygens (including phenoxy) is 1. The van der Waals surface area contributed by atoms with Gasteiger partial charge < -0.3 is 10.1 Å². The summed E-state index contributed by atoms with van der Waals surface area (Å²) in [7, 11) is -3.62. The van der Waals surface area contributed by atoms with E-state index in [-0.39, 0.29) is 16.9 Å². The molecule has 2 aliphatic rings. The second-order valence-electron chi connectivity index (χ2n) is 7.19. The Kier molecular flexibility index (Phi) is 6.68. The second-order valence-corrected chi connectivity index (χ2v) is 9.12. The number of amides is 1. The number of sulfonamides is 1. The van der Waals surface area contributed by atoms with Crippen molar-refractivity contribution in [2.45, 2.75) is 50.0 Å². The molecule has 148 valence electrons. The number of nitrogens with zero attached hydrogens (tertiary/aromatic N) is 1. The van der Waals surface area contributed by atoms with Gasteiger partial charge in [0, 0.05) is 25.2 Å². The van der Waals surface area contributed by atoms with Gasteiger partial charge in [0.05, 0.1) is 17.6 Å². The number of hydrogen-bond donors (Lipinski definition) is 1. The number of allylic oxidation sites excluding steroid dienone is 1. The highest BCUT2D eigenvalue weighted by atomic mass is 32.2. The van der Waals surface area contributed by atoms with Gasteiger partial charge in [0.25, 0.3) is 5.91 Å². The number of rotatable bonds is 6. The Labute approximate surface area is 161 Å². The first-order chi connectivity index (χ1) is 13.0. The van der Waals surface area contributed by atoms with Crippen LogP contribution >= 0.6 is 0 Å². The normalized spacial score (nSPS) is 21.5. The van der Waals surface area contributed by atoms with E-state index in [1.807, 2.05) is 6.92 Å². The fourth-order valence-electron chi connectivity index (χ4n) is 3.52. The number of carbonyl (C=O) groups excluding carboxylic acids is 1. The minimum Gasteiger partial charge on any atom is -0.376 e. The van der Waals surface area contributed by atoms with Crippen LogP contribution in [0.1, 0.15) is 49.4 Å². The van der Waals surface area contributed by atoms with Gasteiger partial charge in [-0.3, -0.25) is 4.79 Å². The molecule has 0 aromatic heterocycles. The van der Waals surface area contributed by atoms with Crippen molar-refractivity contribution in [2.24, 2.45) is 0 Å². The van der Waals surface area contributed by atoms with Crippen LogP contribution in [0.5, 0.6) is 0 Å². The molecule has 3 rings (SSSR count). The van der Waals surface area contributed by atoms with Crippen molar-refractivity contribution in [2.75, 3.05) is 26.2 Å². The van der Waals surface area contributed by atoms with E-state index in [4.69, 9.17) is 4.74 Å². The lowest BCUT2D eigenvalue weighted by Crippen LogP contribution is -2.44. The number of carbonyl (C=O) groups is 1. The lowest BCUT2D eigenvalue weighted by molar-refractivity contribution is 0.0102. The molecule has 1 aromatic carbocycles. The van der Waals surface area contributed by atoms with Crippen LogP contribution in [0.3, 0.4) is 0 Å². The number of hydrogen-bond acceptors (Lipinski definition) is 4. The van der Waals surface area contributed by atoms with E-state index in [0.717, 1.165) is 19.3 Å². The van der Waals surface area contributed by atoms with Crippen LogP contribution in [0.25, 0.3) is 0 Å². The standard InChI is InChI=1S/C20H28N2O4S/c1-16-15-22(12-13-26-16)27(24,25)19-9-5-8-18(14-19)20(23)21-11-10-17-6-3-2-4-7-17/h5-6,8-9,14,16H,2-4,7,10-13,15H2,1H3,(H,21,23). The smallest absolute Gasteiger partial charge is 0.251 e. The molecule has 1 aliphatic heterocycles. The van der Waals surface area contributed by atoms with Crippen molar-refractivity contribution < 1.29 is 17.9 Å². The molecule has 1 amide bonds. The summed E-state index contributed by atoms with van der Waals surface area (Å²) >= 11 is 0. The molecule has 1 atom stereocenters. The molecule has 1 saturated heterocycles. The fraction of sp³-hybridized carbons (Fsp3) is 0.550. The Balaban J connectivity index is 1.63. The van der Waals surface area contributed by atoms with E-state index in [2.05, 4.69) is 11.4 Å². The van der Waals surface area contributed by atoms with Gasteiger partial charge in [-0.05, 0) is 57.2 Å². The van der Waals surface area contributed by atoms with E-state index in [1.54, 1.807) is 18.2 Å². The summed E-state index contributed by atoms with van der Waals surface area (Å²) < 4.78 is 32.6. The molecule has 27 heavy (non-hydrogen) atoms. The summed E-state index contributed by atoms with van der Waals surface area (Å²) in [4.78, 5) is 12.6. The number of nitrogens with one attached hydrogen (secondary N) is 1. The topological polar surface area (TPSA) is 75.7 Å². The first-order valence-corrected chi connectivity index (χ1v) is 11.1. The predicted octanol–water partition coefficient (Wildman–Crippen LogP) is 2.72. The number of benzene rings is 1. The minimum atomic E-state index is -3.62. The highest BCUT2D eigenvalue weighted by Gasteiger charge is 2.29. The van der Waals surface area contributed by atoms with E-state index < -0.39 is 10.0 Å². The molecule has 1 N–H and O–H groups in total. The molecule has 0 bridgehead atoms. The van der Waals surface area contributed by atoms with E-state index in [0.29, 0.717) is 31.8 Å². The molecule has 6 nitrogen and oxygen atoms in total. The van der Waals surface area contributed by atoms with E-state index in [1.165, 1.54) is 28.8 Å². The van der Waals surface area contributed by atoms with Crippen LogP contribution in [0.15, 0.2) is 40.8 Å². The van der Waals surface area contributed by atoms with Crippen LogP contribution in [0, 0.1) is 0 Å². The lowest BCUT2D eigenvalue weighted by atomic mass is 9.97.